The van der Waals surface area contributed by atoms with E-state index in [0.29, 0.717) is 24.3 Å². The predicted octanol–water partition coefficient (Wildman–Crippen LogP) is 3.93. The summed E-state index contributed by atoms with van der Waals surface area (Å²) in [5.74, 6) is 2.31. The lowest BCUT2D eigenvalue weighted by molar-refractivity contribution is -0.275. The molecular weight excluding hydrogens is 438 g/mol. The lowest BCUT2D eigenvalue weighted by atomic mass is 9.42. The van der Waals surface area contributed by atoms with Crippen LogP contribution in [0.5, 0.6) is 0 Å². The minimum atomic E-state index is -0.441. The van der Waals surface area contributed by atoms with Crippen molar-refractivity contribution < 1.29 is 19.4 Å². The molecule has 2 bridgehead atoms. The number of nitrogens with zero attached hydrogens (tertiary/aromatic N) is 1. The quantitative estimate of drug-likeness (QED) is 0.608. The lowest BCUT2D eigenvalue weighted by Crippen LogP contribution is -2.78. The Labute approximate surface area is 202 Å². The standard InChI is InChI=1S/C27H40ClNO4/c28-19-4-2-1-3-18(19)15-32-27-10-9-21(31)25-26(27)11-12-29(14-16-5-6-16)22(27)13-17-7-8-20(30)24(33-25)23(17)26/h16-20,22-25,30H,1-15H2/t17?,18?,19?,20?,22?,23?,24?,25-,26-,27+/m0/s1. The van der Waals surface area contributed by atoms with Crippen molar-refractivity contribution in [2.24, 2.45) is 29.1 Å². The summed E-state index contributed by atoms with van der Waals surface area (Å²) in [6, 6.07) is 0.374. The number of likely N-dealkylation sites (tertiary alicyclic amines) is 1. The molecule has 0 radical (unpaired) electrons. The number of hydrogen-bond acceptors (Lipinski definition) is 5. The van der Waals surface area contributed by atoms with Crippen LogP contribution < -0.4 is 0 Å². The Bertz CT molecular complexity index is 805. The third-order valence-corrected chi connectivity index (χ3v) is 11.7. The molecule has 7 aliphatic rings. The van der Waals surface area contributed by atoms with Crippen molar-refractivity contribution in [3.05, 3.63) is 0 Å². The molecule has 0 aromatic rings. The van der Waals surface area contributed by atoms with E-state index in [1.54, 1.807) is 0 Å². The van der Waals surface area contributed by atoms with Gasteiger partial charge in [0.05, 0.1) is 24.4 Å². The van der Waals surface area contributed by atoms with Crippen molar-refractivity contribution in [3.8, 4) is 0 Å². The van der Waals surface area contributed by atoms with Gasteiger partial charge in [0, 0.05) is 35.7 Å². The van der Waals surface area contributed by atoms with Gasteiger partial charge in [-0.15, -0.1) is 11.6 Å². The lowest BCUT2D eigenvalue weighted by Gasteiger charge is -2.69. The third-order valence-electron chi connectivity index (χ3n) is 11.1. The Balaban J connectivity index is 1.30. The monoisotopic (exact) mass is 477 g/mol. The molecule has 184 valence electrons. The molecule has 0 amide bonds. The molecule has 5 aliphatic carbocycles. The van der Waals surface area contributed by atoms with E-state index in [2.05, 4.69) is 4.90 Å². The van der Waals surface area contributed by atoms with Crippen LogP contribution in [0.3, 0.4) is 0 Å². The number of ether oxygens (including phenoxy) is 2. The molecule has 2 heterocycles. The van der Waals surface area contributed by atoms with E-state index in [-0.39, 0.29) is 40.3 Å². The van der Waals surface area contributed by atoms with Crippen LogP contribution in [0.15, 0.2) is 0 Å². The van der Waals surface area contributed by atoms with E-state index in [0.717, 1.165) is 64.0 Å². The molecular formula is C27H40ClNO4. The summed E-state index contributed by atoms with van der Waals surface area (Å²) in [5, 5.41) is 11.2. The Morgan fingerprint density at radius 1 is 1.12 bits per heavy atom. The van der Waals surface area contributed by atoms with Gasteiger partial charge in [-0.3, -0.25) is 9.69 Å². The first-order valence-corrected chi connectivity index (χ1v) is 14.4. The first kappa shape index (κ1) is 22.0. The van der Waals surface area contributed by atoms with Gasteiger partial charge in [-0.25, -0.2) is 0 Å². The molecule has 10 atom stereocenters. The fraction of sp³-hybridized carbons (Fsp3) is 0.963. The van der Waals surface area contributed by atoms with Gasteiger partial charge in [0.25, 0.3) is 0 Å². The zero-order valence-corrected chi connectivity index (χ0v) is 20.6. The maximum absolute atomic E-state index is 13.4. The zero-order chi connectivity index (χ0) is 22.4. The Morgan fingerprint density at radius 2 is 1.97 bits per heavy atom. The average molecular weight is 478 g/mol. The molecule has 0 aromatic heterocycles. The number of Topliss-reactive ketones (excluding diaryl/α,β-unsaturated/α-hetero) is 1. The largest absolute Gasteiger partial charge is 0.390 e. The SMILES string of the molecule is O=C1CC[C@@]2(OCC3CCCCC3Cl)C3CC4CCC(O)C5O[C@@H]1[C@]2(CCN3CC1CC1)C45. The smallest absolute Gasteiger partial charge is 0.162 e. The summed E-state index contributed by atoms with van der Waals surface area (Å²) >= 11 is 6.79. The number of hydrogen-bond donors (Lipinski definition) is 1. The second-order valence-electron chi connectivity index (χ2n) is 12.6. The molecule has 1 spiro atoms. The van der Waals surface area contributed by atoms with Crippen LogP contribution in [-0.4, -0.2) is 70.8 Å². The summed E-state index contributed by atoms with van der Waals surface area (Å²) in [7, 11) is 0. The summed E-state index contributed by atoms with van der Waals surface area (Å²) < 4.78 is 13.9. The maximum atomic E-state index is 13.4. The van der Waals surface area contributed by atoms with Crippen molar-refractivity contribution >= 4 is 17.4 Å². The average Bonchev–Trinajstić information content (AvgIpc) is 3.55. The van der Waals surface area contributed by atoms with Gasteiger partial charge in [-0.1, -0.05) is 12.8 Å². The number of piperidine rings is 1. The van der Waals surface area contributed by atoms with E-state index in [9.17, 15) is 9.90 Å². The molecule has 7 fully saturated rings. The Hall–Kier alpha value is -0.200. The highest BCUT2D eigenvalue weighted by atomic mass is 35.5. The Morgan fingerprint density at radius 3 is 2.79 bits per heavy atom. The van der Waals surface area contributed by atoms with Crippen molar-refractivity contribution in [2.75, 3.05) is 19.7 Å². The van der Waals surface area contributed by atoms with Crippen molar-refractivity contribution in [3.63, 3.8) is 0 Å². The van der Waals surface area contributed by atoms with Gasteiger partial charge in [-0.05, 0) is 82.1 Å². The minimum absolute atomic E-state index is 0.190. The van der Waals surface area contributed by atoms with Crippen LogP contribution in [0.25, 0.3) is 0 Å². The van der Waals surface area contributed by atoms with E-state index in [1.165, 1.54) is 32.2 Å². The third kappa shape index (κ3) is 3.08. The fourth-order valence-corrected chi connectivity index (χ4v) is 9.89. The number of carbonyl (C=O) groups excluding carboxylic acids is 1. The van der Waals surface area contributed by atoms with Gasteiger partial charge in [0.1, 0.15) is 6.10 Å². The fourth-order valence-electron chi connectivity index (χ4n) is 9.53. The van der Waals surface area contributed by atoms with Gasteiger partial charge in [-0.2, -0.15) is 0 Å². The van der Waals surface area contributed by atoms with Gasteiger partial charge in [0.15, 0.2) is 5.78 Å². The predicted molar refractivity (Wildman–Crippen MR) is 125 cm³/mol. The van der Waals surface area contributed by atoms with E-state index in [1.807, 2.05) is 0 Å². The molecule has 5 saturated carbocycles. The molecule has 0 aromatic carbocycles. The van der Waals surface area contributed by atoms with Crippen LogP contribution >= 0.6 is 11.6 Å². The number of alkyl halides is 1. The molecule has 7 rings (SSSR count). The molecule has 33 heavy (non-hydrogen) atoms. The van der Waals surface area contributed by atoms with Crippen molar-refractivity contribution in [2.45, 2.75) is 112 Å². The molecule has 6 heteroatoms. The highest BCUT2D eigenvalue weighted by Crippen LogP contribution is 2.70. The first-order chi connectivity index (χ1) is 16.0. The molecule has 2 saturated heterocycles. The Kier molecular flexibility index (Phi) is 5.27. The van der Waals surface area contributed by atoms with Crippen molar-refractivity contribution in [1.29, 1.82) is 0 Å². The van der Waals surface area contributed by atoms with Crippen LogP contribution in [0.4, 0.5) is 0 Å². The van der Waals surface area contributed by atoms with E-state index >= 15 is 0 Å². The number of carbonyl (C=O) groups is 1. The molecule has 7 unspecified atom stereocenters. The second kappa shape index (κ2) is 7.90. The van der Waals surface area contributed by atoms with Crippen molar-refractivity contribution in [1.82, 2.24) is 4.90 Å². The molecule has 5 nitrogen and oxygen atoms in total. The highest BCUT2D eigenvalue weighted by Gasteiger charge is 2.78. The molecule has 2 aliphatic heterocycles. The normalized spacial score (nSPS) is 53.7. The van der Waals surface area contributed by atoms with Gasteiger partial charge in [0.2, 0.25) is 0 Å². The number of aliphatic hydroxyl groups is 1. The highest BCUT2D eigenvalue weighted by molar-refractivity contribution is 6.20. The molecule has 1 N–H and O–H groups in total. The minimum Gasteiger partial charge on any atom is -0.390 e. The van der Waals surface area contributed by atoms with Gasteiger partial charge >= 0.3 is 0 Å². The van der Waals surface area contributed by atoms with E-state index < -0.39 is 6.10 Å². The number of halogens is 1. The second-order valence-corrected chi connectivity index (χ2v) is 13.2. The topological polar surface area (TPSA) is 59.0 Å². The summed E-state index contributed by atoms with van der Waals surface area (Å²) in [4.78, 5) is 16.1. The van der Waals surface area contributed by atoms with Crippen LogP contribution in [0.2, 0.25) is 0 Å². The van der Waals surface area contributed by atoms with Crippen LogP contribution in [0, 0.1) is 29.1 Å². The van der Waals surface area contributed by atoms with Crippen LogP contribution in [-0.2, 0) is 14.3 Å². The number of ketones is 1. The van der Waals surface area contributed by atoms with E-state index in [4.69, 9.17) is 21.1 Å². The number of rotatable bonds is 5. The summed E-state index contributed by atoms with van der Waals surface area (Å²) in [5.41, 5.74) is -0.599. The summed E-state index contributed by atoms with van der Waals surface area (Å²) in [6.45, 7) is 2.96. The maximum Gasteiger partial charge on any atom is 0.162 e. The summed E-state index contributed by atoms with van der Waals surface area (Å²) in [6.07, 6.45) is 11.8. The van der Waals surface area contributed by atoms with Crippen LogP contribution in [0.1, 0.15) is 77.0 Å². The first-order valence-electron chi connectivity index (χ1n) is 13.9. The number of aliphatic hydroxyl groups excluding tert-OH is 1. The zero-order valence-electron chi connectivity index (χ0n) is 19.8. The van der Waals surface area contributed by atoms with Gasteiger partial charge < -0.3 is 14.6 Å².